The fourth-order valence-electron chi connectivity index (χ4n) is 0.927. The van der Waals surface area contributed by atoms with Gasteiger partial charge in [-0.2, -0.15) is 24.9 Å². The molecule has 0 aliphatic carbocycles. The first-order chi connectivity index (χ1) is 8.22. The largest absolute Gasteiger partial charge is 0.480 e. The van der Waals surface area contributed by atoms with Crippen LogP contribution in [0.2, 0.25) is 0 Å². The molecule has 18 heavy (non-hydrogen) atoms. The van der Waals surface area contributed by atoms with Crippen LogP contribution in [0.5, 0.6) is 0 Å². The molecule has 0 aliphatic heterocycles. The third-order valence-corrected chi connectivity index (χ3v) is 2.62. The van der Waals surface area contributed by atoms with Crippen molar-refractivity contribution in [1.82, 2.24) is 5.32 Å². The highest BCUT2D eigenvalue weighted by Crippen LogP contribution is 2.14. The number of hydrogen-bond donors (Lipinski definition) is 2. The van der Waals surface area contributed by atoms with Gasteiger partial charge in [0.15, 0.2) is 0 Å². The van der Waals surface area contributed by atoms with E-state index in [9.17, 15) is 22.8 Å². The maximum atomic E-state index is 11.7. The van der Waals surface area contributed by atoms with Crippen LogP contribution in [-0.4, -0.2) is 53.9 Å². The Kier molecular flexibility index (Phi) is 7.76. The Morgan fingerprint density at radius 3 is 2.50 bits per heavy atom. The van der Waals surface area contributed by atoms with Crippen molar-refractivity contribution < 1.29 is 32.6 Å². The minimum Gasteiger partial charge on any atom is -0.480 e. The molecule has 0 aromatic carbocycles. The molecule has 1 unspecified atom stereocenters. The van der Waals surface area contributed by atoms with Gasteiger partial charge in [0, 0.05) is 18.4 Å². The number of rotatable bonds is 8. The van der Waals surface area contributed by atoms with Gasteiger partial charge in [-0.3, -0.25) is 4.79 Å². The van der Waals surface area contributed by atoms with E-state index in [-0.39, 0.29) is 18.1 Å². The van der Waals surface area contributed by atoms with Gasteiger partial charge in [0.1, 0.15) is 12.6 Å². The SMILES string of the molecule is CC(=O)NC(CSCCOCC(F)(F)F)C(=O)O. The minimum absolute atomic E-state index is 0.0737. The molecule has 1 amide bonds. The van der Waals surface area contributed by atoms with Crippen LogP contribution in [-0.2, 0) is 14.3 Å². The number of alkyl halides is 3. The minimum atomic E-state index is -4.36. The average molecular weight is 289 g/mol. The summed E-state index contributed by atoms with van der Waals surface area (Å²) < 4.78 is 39.4. The molecule has 0 aromatic heterocycles. The van der Waals surface area contributed by atoms with Crippen LogP contribution < -0.4 is 5.32 Å². The van der Waals surface area contributed by atoms with Crippen molar-refractivity contribution in [2.75, 3.05) is 24.7 Å². The molecular weight excluding hydrogens is 275 g/mol. The number of halogens is 3. The smallest absolute Gasteiger partial charge is 0.411 e. The van der Waals surface area contributed by atoms with Crippen LogP contribution in [0.25, 0.3) is 0 Å². The fourth-order valence-corrected chi connectivity index (χ4v) is 1.79. The Labute approximate surface area is 106 Å². The highest BCUT2D eigenvalue weighted by Gasteiger charge is 2.27. The number of hydrogen-bond acceptors (Lipinski definition) is 4. The molecule has 2 N–H and O–H groups in total. The molecule has 0 rings (SSSR count). The maximum absolute atomic E-state index is 11.7. The molecule has 0 saturated carbocycles. The van der Waals surface area contributed by atoms with E-state index in [0.29, 0.717) is 0 Å². The lowest BCUT2D eigenvalue weighted by atomic mass is 10.3. The number of amides is 1. The molecule has 5 nitrogen and oxygen atoms in total. The number of carbonyl (C=O) groups is 2. The fraction of sp³-hybridized carbons (Fsp3) is 0.778. The Hall–Kier alpha value is -0.960. The number of carboxylic acids is 1. The summed E-state index contributed by atoms with van der Waals surface area (Å²) in [5.74, 6) is -1.37. The van der Waals surface area contributed by atoms with Gasteiger partial charge < -0.3 is 15.2 Å². The molecule has 0 fully saturated rings. The summed E-state index contributed by atoms with van der Waals surface area (Å²) in [6.07, 6.45) is -4.36. The maximum Gasteiger partial charge on any atom is 0.411 e. The molecule has 106 valence electrons. The number of carboxylic acid groups (broad SMARTS) is 1. The van der Waals surface area contributed by atoms with E-state index in [1.807, 2.05) is 0 Å². The van der Waals surface area contributed by atoms with E-state index in [1.54, 1.807) is 0 Å². The summed E-state index contributed by atoms with van der Waals surface area (Å²) in [6.45, 7) is -0.259. The first kappa shape index (κ1) is 17.0. The van der Waals surface area contributed by atoms with Crippen LogP contribution in [0.4, 0.5) is 13.2 Å². The van der Waals surface area contributed by atoms with Crippen LogP contribution in [0.15, 0.2) is 0 Å². The summed E-state index contributed by atoms with van der Waals surface area (Å²) in [5, 5.41) is 10.9. The molecule has 0 bridgehead atoms. The van der Waals surface area contributed by atoms with Crippen molar-refractivity contribution in [3.8, 4) is 0 Å². The van der Waals surface area contributed by atoms with Crippen LogP contribution >= 0.6 is 11.8 Å². The van der Waals surface area contributed by atoms with E-state index >= 15 is 0 Å². The van der Waals surface area contributed by atoms with Crippen LogP contribution in [0.1, 0.15) is 6.92 Å². The quantitative estimate of drug-likeness (QED) is 0.649. The number of ether oxygens (including phenoxy) is 1. The van der Waals surface area contributed by atoms with Crippen LogP contribution in [0.3, 0.4) is 0 Å². The third-order valence-electron chi connectivity index (χ3n) is 1.60. The number of carbonyl (C=O) groups excluding carboxylic acids is 1. The van der Waals surface area contributed by atoms with Gasteiger partial charge in [0.2, 0.25) is 5.91 Å². The van der Waals surface area contributed by atoms with Crippen molar-refractivity contribution >= 4 is 23.6 Å². The van der Waals surface area contributed by atoms with Gasteiger partial charge in [0.25, 0.3) is 0 Å². The highest BCUT2D eigenvalue weighted by atomic mass is 32.2. The van der Waals surface area contributed by atoms with E-state index in [0.717, 1.165) is 11.8 Å². The molecule has 1 atom stereocenters. The van der Waals surface area contributed by atoms with E-state index < -0.39 is 30.7 Å². The lowest BCUT2D eigenvalue weighted by molar-refractivity contribution is -0.172. The van der Waals surface area contributed by atoms with Crippen LogP contribution in [0, 0.1) is 0 Å². The zero-order valence-corrected chi connectivity index (χ0v) is 10.4. The van der Waals surface area contributed by atoms with Crippen molar-refractivity contribution in [3.05, 3.63) is 0 Å². The van der Waals surface area contributed by atoms with Crippen molar-refractivity contribution in [1.29, 1.82) is 0 Å². The first-order valence-electron chi connectivity index (χ1n) is 4.94. The predicted molar refractivity (Wildman–Crippen MR) is 59.4 cm³/mol. The van der Waals surface area contributed by atoms with E-state index in [4.69, 9.17) is 5.11 Å². The summed E-state index contributed by atoms with van der Waals surface area (Å²) in [6, 6.07) is -1.05. The molecule has 9 heteroatoms. The Morgan fingerprint density at radius 2 is 2.06 bits per heavy atom. The molecule has 0 spiro atoms. The predicted octanol–water partition coefficient (Wildman–Crippen LogP) is 0.888. The zero-order chi connectivity index (χ0) is 14.2. The lowest BCUT2D eigenvalue weighted by Gasteiger charge is -2.12. The normalized spacial score (nSPS) is 13.1. The van der Waals surface area contributed by atoms with Crippen molar-refractivity contribution in [2.24, 2.45) is 0 Å². The topological polar surface area (TPSA) is 75.6 Å². The lowest BCUT2D eigenvalue weighted by Crippen LogP contribution is -2.41. The standard InChI is InChI=1S/C9H14F3NO4S/c1-6(14)13-7(8(15)16)4-18-3-2-17-5-9(10,11)12/h7H,2-5H2,1H3,(H,13,14)(H,15,16). The second kappa shape index (κ2) is 8.20. The molecule has 0 radical (unpaired) electrons. The van der Waals surface area contributed by atoms with Crippen molar-refractivity contribution in [2.45, 2.75) is 19.1 Å². The van der Waals surface area contributed by atoms with Gasteiger partial charge in [0.05, 0.1) is 6.61 Å². The molecule has 0 aromatic rings. The Balaban J connectivity index is 3.68. The number of aliphatic carboxylic acids is 1. The highest BCUT2D eigenvalue weighted by molar-refractivity contribution is 7.99. The molecule has 0 heterocycles. The Bertz CT molecular complexity index is 285. The van der Waals surface area contributed by atoms with Crippen molar-refractivity contribution in [3.63, 3.8) is 0 Å². The van der Waals surface area contributed by atoms with E-state index in [1.165, 1.54) is 6.92 Å². The molecular formula is C9H14F3NO4S. The second-order valence-electron chi connectivity index (χ2n) is 3.33. The van der Waals surface area contributed by atoms with E-state index in [2.05, 4.69) is 10.1 Å². The molecule has 0 aliphatic rings. The van der Waals surface area contributed by atoms with Gasteiger partial charge in [-0.15, -0.1) is 0 Å². The van der Waals surface area contributed by atoms with Gasteiger partial charge in [-0.05, 0) is 0 Å². The number of thioether (sulfide) groups is 1. The monoisotopic (exact) mass is 289 g/mol. The Morgan fingerprint density at radius 1 is 1.44 bits per heavy atom. The second-order valence-corrected chi connectivity index (χ2v) is 4.48. The number of nitrogens with one attached hydrogen (secondary N) is 1. The summed E-state index contributed by atoms with van der Waals surface area (Å²) in [5.41, 5.74) is 0. The average Bonchev–Trinajstić information content (AvgIpc) is 2.18. The summed E-state index contributed by atoms with van der Waals surface area (Å²) in [7, 11) is 0. The zero-order valence-electron chi connectivity index (χ0n) is 9.62. The third kappa shape index (κ3) is 10.2. The van der Waals surface area contributed by atoms with Gasteiger partial charge in [-0.25, -0.2) is 4.79 Å². The van der Waals surface area contributed by atoms with Gasteiger partial charge >= 0.3 is 12.1 Å². The summed E-state index contributed by atoms with van der Waals surface area (Å²) >= 11 is 1.09. The summed E-state index contributed by atoms with van der Waals surface area (Å²) in [4.78, 5) is 21.3. The molecule has 0 saturated heterocycles. The van der Waals surface area contributed by atoms with Gasteiger partial charge in [-0.1, -0.05) is 0 Å². The first-order valence-corrected chi connectivity index (χ1v) is 6.10.